The number of anilines is 1. The van der Waals surface area contributed by atoms with E-state index in [-0.39, 0.29) is 35.2 Å². The van der Waals surface area contributed by atoms with Crippen molar-refractivity contribution in [2.24, 2.45) is 5.73 Å². The molecule has 1 aromatic heterocycles. The van der Waals surface area contributed by atoms with Gasteiger partial charge in [-0.05, 0) is 43.9 Å². The summed E-state index contributed by atoms with van der Waals surface area (Å²) in [7, 11) is -4.07. The standard InChI is InChI=1S/C28H32N4O4S/c1-20(33)22-13-10-15-24(17-22)37(34,35)32-28-30-26-18-27(31-28)36-19-23(29)14-7-5-3-2-4-6-11-21-12-8-9-16-25(21)26/h6,8-13,15-18,23H,2-5,7,14,19,29H2,1H3,(H,30,31,32)/b11-6+/t23-/m1/s1. The minimum atomic E-state index is -4.07. The van der Waals surface area contributed by atoms with Gasteiger partial charge in [0.1, 0.15) is 6.61 Å². The van der Waals surface area contributed by atoms with Gasteiger partial charge in [0.2, 0.25) is 11.8 Å². The summed E-state index contributed by atoms with van der Waals surface area (Å²) in [5.74, 6) is -0.137. The van der Waals surface area contributed by atoms with Crippen LogP contribution in [0.15, 0.2) is 65.6 Å². The van der Waals surface area contributed by atoms with Crippen molar-refractivity contribution in [2.75, 3.05) is 11.3 Å². The van der Waals surface area contributed by atoms with Gasteiger partial charge in [0, 0.05) is 23.2 Å². The van der Waals surface area contributed by atoms with Crippen LogP contribution in [0.25, 0.3) is 17.3 Å². The van der Waals surface area contributed by atoms with E-state index in [0.29, 0.717) is 11.3 Å². The molecule has 37 heavy (non-hydrogen) atoms. The summed E-state index contributed by atoms with van der Waals surface area (Å²) in [6.07, 6.45) is 10.4. The van der Waals surface area contributed by atoms with Crippen molar-refractivity contribution in [1.82, 2.24) is 9.97 Å². The Kier molecular flexibility index (Phi) is 8.68. The van der Waals surface area contributed by atoms with Crippen LogP contribution in [0.1, 0.15) is 61.4 Å². The predicted octanol–water partition coefficient (Wildman–Crippen LogP) is 5.22. The Labute approximate surface area is 218 Å². The van der Waals surface area contributed by atoms with Gasteiger partial charge in [-0.1, -0.05) is 67.8 Å². The van der Waals surface area contributed by atoms with E-state index in [1.807, 2.05) is 24.3 Å². The molecule has 0 saturated carbocycles. The molecule has 2 heterocycles. The summed E-state index contributed by atoms with van der Waals surface area (Å²) in [6.45, 7) is 1.64. The van der Waals surface area contributed by atoms with Crippen molar-refractivity contribution < 1.29 is 17.9 Å². The molecule has 9 heteroatoms. The zero-order chi connectivity index (χ0) is 26.3. The minimum absolute atomic E-state index is 0.0588. The summed E-state index contributed by atoms with van der Waals surface area (Å²) in [4.78, 5) is 20.5. The van der Waals surface area contributed by atoms with Crippen LogP contribution in [-0.4, -0.2) is 36.8 Å². The SMILES string of the molecule is CC(=O)c1cccc(S(=O)(=O)Nc2nc3cc(n2)-c2ccccc2/C=C/CCCCCC[C@@H](N)CO3)c1. The number of benzene rings is 2. The highest BCUT2D eigenvalue weighted by Crippen LogP contribution is 2.28. The number of carbonyl (C=O) groups is 1. The predicted molar refractivity (Wildman–Crippen MR) is 145 cm³/mol. The van der Waals surface area contributed by atoms with Gasteiger partial charge in [0.25, 0.3) is 10.0 Å². The fraction of sp³-hybridized carbons (Fsp3) is 0.321. The van der Waals surface area contributed by atoms with Crippen LogP contribution < -0.4 is 15.2 Å². The third-order valence-corrected chi connectivity index (χ3v) is 7.48. The Balaban J connectivity index is 1.73. The highest BCUT2D eigenvalue weighted by atomic mass is 32.2. The van der Waals surface area contributed by atoms with Crippen LogP contribution in [0, 0.1) is 0 Å². The number of carbonyl (C=O) groups excluding carboxylic acids is 1. The first kappa shape index (κ1) is 26.5. The van der Waals surface area contributed by atoms with Gasteiger partial charge < -0.3 is 10.5 Å². The number of fused-ring (bicyclic) bond motifs is 4. The second kappa shape index (κ2) is 12.1. The van der Waals surface area contributed by atoms with Gasteiger partial charge in [0.05, 0.1) is 10.6 Å². The Morgan fingerprint density at radius 2 is 1.84 bits per heavy atom. The molecule has 0 radical (unpaired) electrons. The molecule has 2 aromatic carbocycles. The van der Waals surface area contributed by atoms with Gasteiger partial charge in [-0.3, -0.25) is 4.79 Å². The van der Waals surface area contributed by atoms with Crippen molar-refractivity contribution in [2.45, 2.75) is 56.4 Å². The molecular formula is C28H32N4O4S. The average Bonchev–Trinajstić information content (AvgIpc) is 2.88. The Morgan fingerprint density at radius 1 is 1.03 bits per heavy atom. The summed E-state index contributed by atoms with van der Waals surface area (Å²) >= 11 is 0. The number of hydrogen-bond donors (Lipinski definition) is 2. The fourth-order valence-corrected chi connectivity index (χ4v) is 5.12. The highest BCUT2D eigenvalue weighted by molar-refractivity contribution is 7.92. The first-order valence-corrected chi connectivity index (χ1v) is 14.0. The molecule has 1 aliphatic heterocycles. The van der Waals surface area contributed by atoms with E-state index in [9.17, 15) is 13.2 Å². The van der Waals surface area contributed by atoms with Crippen LogP contribution >= 0.6 is 0 Å². The van der Waals surface area contributed by atoms with Gasteiger partial charge in [-0.15, -0.1) is 0 Å². The van der Waals surface area contributed by atoms with Crippen molar-refractivity contribution in [1.29, 1.82) is 0 Å². The summed E-state index contributed by atoms with van der Waals surface area (Å²) in [6, 6.07) is 15.1. The third-order valence-electron chi connectivity index (χ3n) is 6.15. The largest absolute Gasteiger partial charge is 0.476 e. The van der Waals surface area contributed by atoms with Crippen molar-refractivity contribution in [3.8, 4) is 17.1 Å². The maximum atomic E-state index is 13.2. The van der Waals surface area contributed by atoms with E-state index in [0.717, 1.165) is 49.7 Å². The number of nitrogens with one attached hydrogen (secondary N) is 1. The number of nitrogens with two attached hydrogens (primary N) is 1. The molecule has 1 aliphatic rings. The van der Waals surface area contributed by atoms with Gasteiger partial charge in [0.15, 0.2) is 5.78 Å². The highest BCUT2D eigenvalue weighted by Gasteiger charge is 2.19. The number of hydrogen-bond acceptors (Lipinski definition) is 7. The normalized spacial score (nSPS) is 17.7. The van der Waals surface area contributed by atoms with Crippen molar-refractivity contribution in [3.05, 3.63) is 71.8 Å². The number of Topliss-reactive ketones (excluding diaryl/α,β-unsaturated/α-hetero) is 1. The van der Waals surface area contributed by atoms with Crippen molar-refractivity contribution in [3.63, 3.8) is 0 Å². The smallest absolute Gasteiger partial charge is 0.264 e. The van der Waals surface area contributed by atoms with E-state index in [1.165, 1.54) is 25.1 Å². The van der Waals surface area contributed by atoms with E-state index in [2.05, 4.69) is 26.8 Å². The number of rotatable bonds is 4. The monoisotopic (exact) mass is 520 g/mol. The zero-order valence-electron chi connectivity index (χ0n) is 20.9. The number of aromatic nitrogens is 2. The lowest BCUT2D eigenvalue weighted by atomic mass is 10.0. The molecule has 0 spiro atoms. The van der Waals surface area contributed by atoms with Crippen LogP contribution in [0.2, 0.25) is 0 Å². The molecule has 0 amide bonds. The van der Waals surface area contributed by atoms with E-state index < -0.39 is 10.0 Å². The van der Waals surface area contributed by atoms with Crippen LogP contribution in [0.3, 0.4) is 0 Å². The quantitative estimate of drug-likeness (QED) is 0.452. The maximum Gasteiger partial charge on any atom is 0.264 e. The Morgan fingerprint density at radius 3 is 2.68 bits per heavy atom. The molecule has 1 atom stereocenters. The second-order valence-electron chi connectivity index (χ2n) is 9.16. The number of ether oxygens (including phenoxy) is 1. The second-order valence-corrected chi connectivity index (χ2v) is 10.8. The van der Waals surface area contributed by atoms with Crippen LogP contribution in [0.5, 0.6) is 5.88 Å². The first-order valence-electron chi connectivity index (χ1n) is 12.5. The summed E-state index contributed by atoms with van der Waals surface area (Å²) in [5.41, 5.74) is 8.85. The van der Waals surface area contributed by atoms with Crippen LogP contribution in [-0.2, 0) is 10.0 Å². The molecule has 0 saturated heterocycles. The van der Waals surface area contributed by atoms with Gasteiger partial charge in [-0.2, -0.15) is 4.98 Å². The molecule has 3 N–H and O–H groups in total. The topological polar surface area (TPSA) is 124 Å². The number of sulfonamides is 1. The molecule has 0 unspecified atom stereocenters. The Hall–Kier alpha value is -3.56. The van der Waals surface area contributed by atoms with Crippen LogP contribution in [0.4, 0.5) is 5.95 Å². The first-order chi connectivity index (χ1) is 17.8. The summed E-state index contributed by atoms with van der Waals surface area (Å²) < 4.78 is 34.7. The van der Waals surface area contributed by atoms with E-state index >= 15 is 0 Å². The lowest BCUT2D eigenvalue weighted by Crippen LogP contribution is -2.28. The van der Waals surface area contributed by atoms with Gasteiger partial charge in [-0.25, -0.2) is 18.1 Å². The molecule has 0 fully saturated rings. The lowest BCUT2D eigenvalue weighted by molar-refractivity contribution is 0.101. The zero-order valence-corrected chi connectivity index (χ0v) is 21.7. The Bertz CT molecular complexity index is 1390. The number of allylic oxidation sites excluding steroid dienone is 1. The molecule has 0 aliphatic carbocycles. The maximum absolute atomic E-state index is 13.2. The number of nitrogens with zero attached hydrogens (tertiary/aromatic N) is 2. The molecule has 194 valence electrons. The summed E-state index contributed by atoms with van der Waals surface area (Å²) in [5, 5.41) is 0. The molecule has 8 nitrogen and oxygen atoms in total. The minimum Gasteiger partial charge on any atom is -0.476 e. The van der Waals surface area contributed by atoms with Crippen molar-refractivity contribution >= 4 is 27.8 Å². The molecule has 3 aromatic rings. The van der Waals surface area contributed by atoms with Gasteiger partial charge >= 0.3 is 0 Å². The molecule has 2 bridgehead atoms. The lowest BCUT2D eigenvalue weighted by Gasteiger charge is -2.15. The van der Waals surface area contributed by atoms with E-state index in [1.54, 1.807) is 12.1 Å². The van der Waals surface area contributed by atoms with E-state index in [4.69, 9.17) is 10.5 Å². The molecular weight excluding hydrogens is 488 g/mol. The fourth-order valence-electron chi connectivity index (χ4n) is 4.13. The average molecular weight is 521 g/mol. The molecule has 4 rings (SSSR count). The third kappa shape index (κ3) is 7.24. The number of ketones is 1.